The van der Waals surface area contributed by atoms with Crippen molar-refractivity contribution in [1.29, 1.82) is 0 Å². The second-order valence-corrected chi connectivity index (χ2v) is 6.93. The van der Waals surface area contributed by atoms with Crippen LogP contribution in [0.2, 0.25) is 0 Å². The average molecular weight is 305 g/mol. The zero-order chi connectivity index (χ0) is 15.7. The highest BCUT2D eigenvalue weighted by molar-refractivity contribution is 5.73. The number of hydrogen-bond donors (Lipinski definition) is 0. The van der Waals surface area contributed by atoms with E-state index in [1.807, 2.05) is 4.90 Å². The van der Waals surface area contributed by atoms with E-state index in [0.29, 0.717) is 12.0 Å². The van der Waals surface area contributed by atoms with Crippen LogP contribution < -0.4 is 0 Å². The maximum absolute atomic E-state index is 11.6. The minimum absolute atomic E-state index is 0.155. The molecule has 0 aromatic carbocycles. The molecule has 0 saturated carbocycles. The van der Waals surface area contributed by atoms with Gasteiger partial charge in [0.25, 0.3) is 0 Å². The molecule has 0 spiro atoms. The number of nitrogens with zero attached hydrogens (tertiary/aromatic N) is 5. The molecule has 1 aromatic rings. The van der Waals surface area contributed by atoms with Gasteiger partial charge in [0.15, 0.2) is 0 Å². The van der Waals surface area contributed by atoms with Crippen LogP contribution in [0.3, 0.4) is 0 Å². The van der Waals surface area contributed by atoms with Crippen LogP contribution in [0.4, 0.5) is 0 Å². The topological polar surface area (TPSA) is 54.3 Å². The van der Waals surface area contributed by atoms with Gasteiger partial charge in [0.05, 0.1) is 6.04 Å². The normalized spacial score (nSPS) is 22.9. The quantitative estimate of drug-likeness (QED) is 0.849. The van der Waals surface area contributed by atoms with Crippen molar-refractivity contribution in [2.24, 2.45) is 5.92 Å². The lowest BCUT2D eigenvalue weighted by atomic mass is 10.1. The molecule has 6 heteroatoms. The van der Waals surface area contributed by atoms with Gasteiger partial charge in [0.2, 0.25) is 5.91 Å². The third-order valence-corrected chi connectivity index (χ3v) is 4.76. The Morgan fingerprint density at radius 1 is 1.23 bits per heavy atom. The van der Waals surface area contributed by atoms with E-state index in [1.165, 1.54) is 12.8 Å². The fraction of sp³-hybridized carbons (Fsp3) is 0.812. The summed E-state index contributed by atoms with van der Waals surface area (Å²) in [5.41, 5.74) is 0. The third kappa shape index (κ3) is 3.02. The highest BCUT2D eigenvalue weighted by Gasteiger charge is 2.32. The summed E-state index contributed by atoms with van der Waals surface area (Å²) in [6, 6.07) is 0.396. The Morgan fingerprint density at radius 3 is 2.77 bits per heavy atom. The lowest BCUT2D eigenvalue weighted by molar-refractivity contribution is -0.128. The summed E-state index contributed by atoms with van der Waals surface area (Å²) >= 11 is 0. The van der Waals surface area contributed by atoms with Gasteiger partial charge in [0, 0.05) is 39.5 Å². The SMILES string of the molecule is CC(=O)N1CCc2nnc(C3CCCN3CC(C)C)n2CC1. The van der Waals surface area contributed by atoms with E-state index in [0.717, 1.165) is 50.8 Å². The molecule has 3 rings (SSSR count). The van der Waals surface area contributed by atoms with Crippen LogP contribution in [0.15, 0.2) is 0 Å². The van der Waals surface area contributed by atoms with Gasteiger partial charge < -0.3 is 9.47 Å². The maximum Gasteiger partial charge on any atom is 0.219 e. The van der Waals surface area contributed by atoms with Crippen LogP contribution in [0.1, 0.15) is 51.3 Å². The molecule has 1 saturated heterocycles. The Labute approximate surface area is 132 Å². The summed E-state index contributed by atoms with van der Waals surface area (Å²) in [6.45, 7) is 10.8. The first-order chi connectivity index (χ1) is 10.6. The summed E-state index contributed by atoms with van der Waals surface area (Å²) in [4.78, 5) is 16.1. The summed E-state index contributed by atoms with van der Waals surface area (Å²) in [5, 5.41) is 8.93. The number of rotatable bonds is 3. The molecule has 3 heterocycles. The average Bonchev–Trinajstić information content (AvgIpc) is 2.99. The molecule has 0 N–H and O–H groups in total. The Balaban J connectivity index is 1.79. The highest BCUT2D eigenvalue weighted by Crippen LogP contribution is 2.32. The van der Waals surface area contributed by atoms with Gasteiger partial charge in [-0.05, 0) is 25.3 Å². The molecule has 2 aliphatic rings. The van der Waals surface area contributed by atoms with Crippen LogP contribution >= 0.6 is 0 Å². The molecule has 1 amide bonds. The van der Waals surface area contributed by atoms with E-state index in [9.17, 15) is 4.79 Å². The molecule has 2 aliphatic heterocycles. The van der Waals surface area contributed by atoms with Crippen LogP contribution in [0.5, 0.6) is 0 Å². The molecule has 6 nitrogen and oxygen atoms in total. The monoisotopic (exact) mass is 305 g/mol. The van der Waals surface area contributed by atoms with Gasteiger partial charge in [-0.25, -0.2) is 0 Å². The fourth-order valence-electron chi connectivity index (χ4n) is 3.71. The first kappa shape index (κ1) is 15.5. The second kappa shape index (κ2) is 6.36. The van der Waals surface area contributed by atoms with Gasteiger partial charge in [-0.1, -0.05) is 13.8 Å². The van der Waals surface area contributed by atoms with Crippen LogP contribution in [0, 0.1) is 5.92 Å². The zero-order valence-electron chi connectivity index (χ0n) is 14.0. The van der Waals surface area contributed by atoms with Crippen molar-refractivity contribution in [2.45, 2.75) is 52.6 Å². The molecule has 122 valence electrons. The maximum atomic E-state index is 11.6. The van der Waals surface area contributed by atoms with Crippen molar-refractivity contribution in [3.63, 3.8) is 0 Å². The Kier molecular flexibility index (Phi) is 4.47. The van der Waals surface area contributed by atoms with E-state index < -0.39 is 0 Å². The standard InChI is InChI=1S/C16H27N5O/c1-12(2)11-20-7-4-5-14(20)16-18-17-15-6-8-19(13(3)22)9-10-21(15)16/h12,14H,4-11H2,1-3H3. The van der Waals surface area contributed by atoms with E-state index in [4.69, 9.17) is 0 Å². The Bertz CT molecular complexity index is 539. The predicted octanol–water partition coefficient (Wildman–Crippen LogP) is 1.48. The third-order valence-electron chi connectivity index (χ3n) is 4.76. The van der Waals surface area contributed by atoms with Crippen molar-refractivity contribution >= 4 is 5.91 Å². The molecule has 0 bridgehead atoms. The van der Waals surface area contributed by atoms with Crippen LogP contribution in [-0.2, 0) is 17.8 Å². The van der Waals surface area contributed by atoms with E-state index in [-0.39, 0.29) is 5.91 Å². The zero-order valence-corrected chi connectivity index (χ0v) is 14.0. The predicted molar refractivity (Wildman–Crippen MR) is 84.4 cm³/mol. The molecule has 0 aliphatic carbocycles. The molecule has 1 aromatic heterocycles. The van der Waals surface area contributed by atoms with Crippen molar-refractivity contribution in [3.05, 3.63) is 11.6 Å². The molecular formula is C16H27N5O. The first-order valence-corrected chi connectivity index (χ1v) is 8.47. The van der Waals surface area contributed by atoms with Crippen LogP contribution in [0.25, 0.3) is 0 Å². The molecule has 1 atom stereocenters. The van der Waals surface area contributed by atoms with Gasteiger partial charge in [0.1, 0.15) is 11.6 Å². The largest absolute Gasteiger partial charge is 0.341 e. The molecule has 1 fully saturated rings. The first-order valence-electron chi connectivity index (χ1n) is 8.47. The fourth-order valence-corrected chi connectivity index (χ4v) is 3.71. The number of carbonyl (C=O) groups excluding carboxylic acids is 1. The van der Waals surface area contributed by atoms with Crippen molar-refractivity contribution in [2.75, 3.05) is 26.2 Å². The lowest BCUT2D eigenvalue weighted by Gasteiger charge is -2.26. The molecule has 22 heavy (non-hydrogen) atoms. The van der Waals surface area contributed by atoms with Crippen molar-refractivity contribution in [3.8, 4) is 0 Å². The van der Waals surface area contributed by atoms with Crippen molar-refractivity contribution < 1.29 is 4.79 Å². The van der Waals surface area contributed by atoms with Gasteiger partial charge >= 0.3 is 0 Å². The second-order valence-electron chi connectivity index (χ2n) is 6.93. The van der Waals surface area contributed by atoms with E-state index in [2.05, 4.69) is 33.5 Å². The van der Waals surface area contributed by atoms with Gasteiger partial charge in [-0.15, -0.1) is 10.2 Å². The van der Waals surface area contributed by atoms with Crippen LogP contribution in [-0.4, -0.2) is 56.7 Å². The number of hydrogen-bond acceptors (Lipinski definition) is 4. The van der Waals surface area contributed by atoms with Crippen molar-refractivity contribution in [1.82, 2.24) is 24.6 Å². The van der Waals surface area contributed by atoms with Gasteiger partial charge in [-0.2, -0.15) is 0 Å². The number of likely N-dealkylation sites (tertiary alicyclic amines) is 1. The number of fused-ring (bicyclic) bond motifs is 1. The van der Waals surface area contributed by atoms with E-state index >= 15 is 0 Å². The molecule has 0 radical (unpaired) electrons. The molecule has 1 unspecified atom stereocenters. The van der Waals surface area contributed by atoms with Gasteiger partial charge in [-0.3, -0.25) is 9.69 Å². The summed E-state index contributed by atoms with van der Waals surface area (Å²) in [7, 11) is 0. The lowest BCUT2D eigenvalue weighted by Crippen LogP contribution is -2.32. The molecular weight excluding hydrogens is 278 g/mol. The Morgan fingerprint density at radius 2 is 2.05 bits per heavy atom. The Hall–Kier alpha value is -1.43. The smallest absolute Gasteiger partial charge is 0.219 e. The highest BCUT2D eigenvalue weighted by atomic mass is 16.2. The minimum atomic E-state index is 0.155. The number of carbonyl (C=O) groups is 1. The summed E-state index contributed by atoms with van der Waals surface area (Å²) in [5.74, 6) is 2.97. The number of amides is 1. The summed E-state index contributed by atoms with van der Waals surface area (Å²) in [6.07, 6.45) is 3.21. The minimum Gasteiger partial charge on any atom is -0.341 e. The van der Waals surface area contributed by atoms with E-state index in [1.54, 1.807) is 6.92 Å². The summed E-state index contributed by atoms with van der Waals surface area (Å²) < 4.78 is 2.27. The number of aromatic nitrogens is 3.